The summed E-state index contributed by atoms with van der Waals surface area (Å²) in [5.41, 5.74) is 5.22. The van der Waals surface area contributed by atoms with Crippen LogP contribution < -0.4 is 14.9 Å². The number of halogens is 1. The Morgan fingerprint density at radius 1 is 0.897 bits per heavy atom. The van der Waals surface area contributed by atoms with Gasteiger partial charge < -0.3 is 15.1 Å². The number of rotatable bonds is 16. The minimum Gasteiger partial charge on any atom is -0.376 e. The average molecular weight is 882 g/mol. The van der Waals surface area contributed by atoms with Crippen LogP contribution in [0.5, 0.6) is 0 Å². The van der Waals surface area contributed by atoms with E-state index in [0.29, 0.717) is 16.7 Å². The van der Waals surface area contributed by atoms with Crippen molar-refractivity contribution in [1.29, 1.82) is 0 Å². The molecule has 0 aliphatic carbocycles. The number of nitro groups is 1. The van der Waals surface area contributed by atoms with E-state index >= 15 is 0 Å². The number of aromatic nitrogens is 2. The Bertz CT molecular complexity index is 2470. The van der Waals surface area contributed by atoms with E-state index in [2.05, 4.69) is 99.2 Å². The van der Waals surface area contributed by atoms with Gasteiger partial charge in [-0.1, -0.05) is 70.5 Å². The maximum Gasteiger partial charge on any atom is 0.293 e. The van der Waals surface area contributed by atoms with E-state index in [1.165, 1.54) is 35.2 Å². The molecule has 0 bridgehead atoms. The van der Waals surface area contributed by atoms with E-state index in [-0.39, 0.29) is 28.1 Å². The molecule has 1 atom stereocenters. The number of sulfonamides is 1. The number of nitrogens with zero attached hydrogens (tertiary/aromatic N) is 6. The zero-order chi connectivity index (χ0) is 40.6. The van der Waals surface area contributed by atoms with Gasteiger partial charge in [0.05, 0.1) is 15.3 Å². The van der Waals surface area contributed by atoms with Crippen molar-refractivity contribution in [2.24, 2.45) is 0 Å². The van der Waals surface area contributed by atoms with Crippen molar-refractivity contribution in [3.8, 4) is 11.1 Å². The summed E-state index contributed by atoms with van der Waals surface area (Å²) in [5, 5.41) is 16.2. The van der Waals surface area contributed by atoms with Gasteiger partial charge in [0.25, 0.3) is 15.7 Å². The van der Waals surface area contributed by atoms with E-state index in [0.717, 1.165) is 66.8 Å². The van der Waals surface area contributed by atoms with E-state index in [4.69, 9.17) is 0 Å². The molecule has 0 spiro atoms. The van der Waals surface area contributed by atoms with Gasteiger partial charge in [0, 0.05) is 71.0 Å². The Morgan fingerprint density at radius 2 is 1.64 bits per heavy atom. The van der Waals surface area contributed by atoms with Crippen LogP contribution in [-0.2, 0) is 16.6 Å². The summed E-state index contributed by atoms with van der Waals surface area (Å²) in [5.74, 6) is 0.760. The first-order chi connectivity index (χ1) is 28.0. The van der Waals surface area contributed by atoms with E-state index in [1.54, 1.807) is 11.8 Å². The predicted octanol–water partition coefficient (Wildman–Crippen LogP) is 8.62. The topological polar surface area (TPSA) is 137 Å². The van der Waals surface area contributed by atoms with Gasteiger partial charge in [0.2, 0.25) is 0 Å². The number of nitrogens with one attached hydrogen (secondary N) is 2. The summed E-state index contributed by atoms with van der Waals surface area (Å²) >= 11 is 5.19. The zero-order valence-electron chi connectivity index (χ0n) is 32.3. The molecule has 6 aromatic rings. The van der Waals surface area contributed by atoms with E-state index in [1.807, 2.05) is 62.6 Å². The smallest absolute Gasteiger partial charge is 0.293 e. The maximum absolute atomic E-state index is 13.7. The third kappa shape index (κ3) is 10.3. The molecule has 1 saturated heterocycles. The summed E-state index contributed by atoms with van der Waals surface area (Å²) in [6.45, 7) is 5.02. The van der Waals surface area contributed by atoms with Crippen LogP contribution in [0.25, 0.3) is 22.0 Å². The molecule has 2 heterocycles. The minimum absolute atomic E-state index is 0.0948. The molecule has 1 aliphatic rings. The molecular weight excluding hydrogens is 837 g/mol. The molecule has 300 valence electrons. The largest absolute Gasteiger partial charge is 0.376 e. The average Bonchev–Trinajstić information content (AvgIpc) is 3.23. The van der Waals surface area contributed by atoms with Crippen LogP contribution in [0.2, 0.25) is 0 Å². The second kappa shape index (κ2) is 18.7. The van der Waals surface area contributed by atoms with Crippen molar-refractivity contribution in [1.82, 2.24) is 19.8 Å². The molecule has 15 heteroatoms. The van der Waals surface area contributed by atoms with Crippen molar-refractivity contribution < 1.29 is 13.3 Å². The fourth-order valence-electron chi connectivity index (χ4n) is 6.98. The van der Waals surface area contributed by atoms with Crippen LogP contribution >= 0.6 is 27.7 Å². The first-order valence-corrected chi connectivity index (χ1v) is 22.2. The van der Waals surface area contributed by atoms with Gasteiger partial charge >= 0.3 is 0 Å². The Balaban J connectivity index is 1.02. The quantitative estimate of drug-likeness (QED) is 0.0550. The van der Waals surface area contributed by atoms with Crippen LogP contribution in [-0.4, -0.2) is 91.7 Å². The molecule has 12 nitrogen and oxygen atoms in total. The number of nitro benzene ring substituents is 1. The highest BCUT2D eigenvalue weighted by Gasteiger charge is 2.25. The predicted molar refractivity (Wildman–Crippen MR) is 238 cm³/mol. The first-order valence-electron chi connectivity index (χ1n) is 19.0. The van der Waals surface area contributed by atoms with Crippen molar-refractivity contribution in [3.63, 3.8) is 0 Å². The second-order valence-electron chi connectivity index (χ2n) is 14.4. The lowest BCUT2D eigenvalue weighted by atomic mass is 9.99. The van der Waals surface area contributed by atoms with Gasteiger partial charge in [0.1, 0.15) is 12.0 Å². The molecular formula is C43H45BrN8O4S2. The van der Waals surface area contributed by atoms with Gasteiger partial charge in [-0.05, 0) is 98.3 Å². The molecule has 7 rings (SSSR count). The molecule has 5 aromatic carbocycles. The molecule has 0 radical (unpaired) electrons. The molecule has 1 unspecified atom stereocenters. The molecule has 58 heavy (non-hydrogen) atoms. The third-order valence-corrected chi connectivity index (χ3v) is 13.1. The zero-order valence-corrected chi connectivity index (χ0v) is 35.5. The molecule has 1 aromatic heterocycles. The normalized spacial score (nSPS) is 14.1. The molecule has 0 amide bonds. The lowest BCUT2D eigenvalue weighted by Gasteiger charge is -2.36. The van der Waals surface area contributed by atoms with Crippen LogP contribution in [0.1, 0.15) is 12.0 Å². The first kappa shape index (κ1) is 41.1. The second-order valence-corrected chi connectivity index (χ2v) is 18.1. The summed E-state index contributed by atoms with van der Waals surface area (Å²) < 4.78 is 31.1. The summed E-state index contributed by atoms with van der Waals surface area (Å²) in [7, 11) is -0.304. The Hall–Kier alpha value is -5.06. The minimum atomic E-state index is -4.26. The van der Waals surface area contributed by atoms with Crippen molar-refractivity contribution in [2.45, 2.75) is 28.8 Å². The van der Waals surface area contributed by atoms with Crippen LogP contribution in [0.4, 0.5) is 22.9 Å². The number of benzene rings is 5. The van der Waals surface area contributed by atoms with Crippen molar-refractivity contribution >= 4 is 71.5 Å². The van der Waals surface area contributed by atoms with Gasteiger partial charge in [-0.25, -0.2) is 18.4 Å². The Kier molecular flexibility index (Phi) is 13.2. The van der Waals surface area contributed by atoms with Gasteiger partial charge in [-0.3, -0.25) is 19.7 Å². The SMILES string of the molecule is CN(C)CCC(CSc1ccccc1)Nc1ccc(S(=O)(=O)Nc2ncnc3cc(N4CCN(Cc5ccccc5-c5ccc(Br)cc5)CC4)ccc23)cc1[N+](=O)[O-]. The number of anilines is 3. The molecule has 2 N–H and O–H groups in total. The van der Waals surface area contributed by atoms with E-state index < -0.39 is 14.9 Å². The number of hydrogen-bond donors (Lipinski definition) is 2. The Labute approximate surface area is 352 Å². The van der Waals surface area contributed by atoms with Gasteiger partial charge in [0.15, 0.2) is 5.82 Å². The fraction of sp³-hybridized carbons (Fsp3) is 0.256. The van der Waals surface area contributed by atoms with E-state index in [9.17, 15) is 18.5 Å². The van der Waals surface area contributed by atoms with Crippen LogP contribution in [0.3, 0.4) is 0 Å². The number of thioether (sulfide) groups is 1. The Morgan fingerprint density at radius 3 is 2.38 bits per heavy atom. The molecule has 1 aliphatic heterocycles. The third-order valence-electron chi connectivity index (χ3n) is 10.1. The summed E-state index contributed by atoms with van der Waals surface area (Å²) in [4.78, 5) is 28.2. The lowest BCUT2D eigenvalue weighted by molar-refractivity contribution is -0.384. The lowest BCUT2D eigenvalue weighted by Crippen LogP contribution is -2.46. The van der Waals surface area contributed by atoms with Crippen molar-refractivity contribution in [3.05, 3.63) is 142 Å². The molecule has 1 fully saturated rings. The maximum atomic E-state index is 13.7. The summed E-state index contributed by atoms with van der Waals surface area (Å²) in [6.07, 6.45) is 2.05. The highest BCUT2D eigenvalue weighted by atomic mass is 79.9. The van der Waals surface area contributed by atoms with Crippen LogP contribution in [0, 0.1) is 10.1 Å². The summed E-state index contributed by atoms with van der Waals surface area (Å²) in [6, 6.07) is 36.5. The van der Waals surface area contributed by atoms with Gasteiger partial charge in [-0.15, -0.1) is 11.8 Å². The monoisotopic (exact) mass is 880 g/mol. The number of fused-ring (bicyclic) bond motifs is 1. The highest BCUT2D eigenvalue weighted by molar-refractivity contribution is 9.10. The standard InChI is InChI=1S/C43H45BrN8O4S2/c1-49(2)21-20-34(29-57-36-9-4-3-5-10-36)47-40-19-17-37(27-42(40)52(53)54)58(55,56)48-43-39-18-16-35(26-41(39)45-30-46-43)51-24-22-50(23-25-51)28-32-8-6-7-11-38(32)31-12-14-33(44)15-13-31/h3-19,26-27,30,34,47H,20-25,28-29H2,1-2H3,(H,45,46,48). The number of hydrogen-bond acceptors (Lipinski definition) is 11. The fourth-order valence-corrected chi connectivity index (χ4v) is 9.29. The number of piperazine rings is 1. The van der Waals surface area contributed by atoms with Crippen LogP contribution in [0.15, 0.2) is 136 Å². The highest BCUT2D eigenvalue weighted by Crippen LogP contribution is 2.33. The van der Waals surface area contributed by atoms with Gasteiger partial charge in [-0.2, -0.15) is 0 Å². The van der Waals surface area contributed by atoms with Crippen molar-refractivity contribution in [2.75, 3.05) is 67.5 Å². The molecule has 0 saturated carbocycles.